The van der Waals surface area contributed by atoms with Gasteiger partial charge in [-0.1, -0.05) is 18.9 Å². The van der Waals surface area contributed by atoms with Crippen LogP contribution in [0, 0.1) is 11.7 Å². The van der Waals surface area contributed by atoms with Crippen molar-refractivity contribution in [1.29, 1.82) is 0 Å². The molecule has 1 saturated carbocycles. The van der Waals surface area contributed by atoms with Crippen LogP contribution in [0.2, 0.25) is 0 Å². The molecule has 1 aromatic rings. The Hall–Kier alpha value is -1.58. The van der Waals surface area contributed by atoms with Gasteiger partial charge in [0.1, 0.15) is 5.82 Å². The van der Waals surface area contributed by atoms with Gasteiger partial charge in [-0.25, -0.2) is 9.18 Å². The number of carbonyl (C=O) groups is 1. The zero-order chi connectivity index (χ0) is 11.5. The summed E-state index contributed by atoms with van der Waals surface area (Å²) in [5.41, 5.74) is 5.42. The summed E-state index contributed by atoms with van der Waals surface area (Å²) in [6.45, 7) is 0.388. The van der Waals surface area contributed by atoms with Gasteiger partial charge in [0.15, 0.2) is 0 Å². The summed E-state index contributed by atoms with van der Waals surface area (Å²) in [4.78, 5) is 11.6. The van der Waals surface area contributed by atoms with Crippen LogP contribution in [0.1, 0.15) is 29.6 Å². The standard InChI is InChI=1S/C12H14FNO2/c13-10-3-1-2-9(11(10)14)12(15)16-7-6-8-4-5-8/h1-3,8H,4-7,14H2. The molecule has 0 aromatic heterocycles. The molecule has 1 aliphatic carbocycles. The van der Waals surface area contributed by atoms with Crippen LogP contribution in [0.4, 0.5) is 10.1 Å². The third kappa shape index (κ3) is 2.51. The fraction of sp³-hybridized carbons (Fsp3) is 0.417. The van der Waals surface area contributed by atoms with Crippen molar-refractivity contribution in [2.75, 3.05) is 12.3 Å². The molecule has 1 aliphatic rings. The Morgan fingerprint density at radius 2 is 2.25 bits per heavy atom. The van der Waals surface area contributed by atoms with Gasteiger partial charge in [-0.3, -0.25) is 0 Å². The molecule has 0 unspecified atom stereocenters. The maximum Gasteiger partial charge on any atom is 0.340 e. The van der Waals surface area contributed by atoms with Crippen molar-refractivity contribution in [2.24, 2.45) is 5.92 Å². The van der Waals surface area contributed by atoms with E-state index >= 15 is 0 Å². The lowest BCUT2D eigenvalue weighted by Crippen LogP contribution is -2.10. The maximum atomic E-state index is 13.1. The van der Waals surface area contributed by atoms with E-state index < -0.39 is 11.8 Å². The quantitative estimate of drug-likeness (QED) is 0.629. The number of nitrogen functional groups attached to an aromatic ring is 1. The van der Waals surface area contributed by atoms with Crippen molar-refractivity contribution in [1.82, 2.24) is 0 Å². The number of halogens is 1. The number of carbonyl (C=O) groups excluding carboxylic acids is 1. The lowest BCUT2D eigenvalue weighted by Gasteiger charge is -2.06. The number of para-hydroxylation sites is 1. The zero-order valence-electron chi connectivity index (χ0n) is 8.91. The number of benzene rings is 1. The van der Waals surface area contributed by atoms with Crippen molar-refractivity contribution in [3.8, 4) is 0 Å². The molecule has 0 heterocycles. The number of rotatable bonds is 4. The highest BCUT2D eigenvalue weighted by Gasteiger charge is 2.21. The van der Waals surface area contributed by atoms with Crippen LogP contribution in [0.25, 0.3) is 0 Å². The van der Waals surface area contributed by atoms with Crippen LogP contribution in [0.15, 0.2) is 18.2 Å². The Balaban J connectivity index is 1.93. The topological polar surface area (TPSA) is 52.3 Å². The Morgan fingerprint density at radius 1 is 1.50 bits per heavy atom. The van der Waals surface area contributed by atoms with Gasteiger partial charge in [0.2, 0.25) is 0 Å². The summed E-state index contributed by atoms with van der Waals surface area (Å²) in [6.07, 6.45) is 3.33. The van der Waals surface area contributed by atoms with Crippen LogP contribution in [0.3, 0.4) is 0 Å². The fourth-order valence-electron chi connectivity index (χ4n) is 1.52. The second-order valence-electron chi connectivity index (χ2n) is 4.07. The third-order valence-electron chi connectivity index (χ3n) is 2.73. The first-order chi connectivity index (χ1) is 7.68. The minimum Gasteiger partial charge on any atom is -0.462 e. The van der Waals surface area contributed by atoms with Crippen LogP contribution >= 0.6 is 0 Å². The maximum absolute atomic E-state index is 13.1. The minimum absolute atomic E-state index is 0.107. The lowest BCUT2D eigenvalue weighted by atomic mass is 10.2. The van der Waals surface area contributed by atoms with Crippen molar-refractivity contribution in [3.63, 3.8) is 0 Å². The fourth-order valence-corrected chi connectivity index (χ4v) is 1.52. The van der Waals surface area contributed by atoms with Crippen molar-refractivity contribution >= 4 is 11.7 Å². The van der Waals surface area contributed by atoms with Crippen molar-refractivity contribution in [3.05, 3.63) is 29.6 Å². The number of nitrogens with two attached hydrogens (primary N) is 1. The summed E-state index contributed by atoms with van der Waals surface area (Å²) in [5.74, 6) is -0.424. The normalized spacial score (nSPS) is 14.8. The molecule has 1 aromatic carbocycles. The smallest absolute Gasteiger partial charge is 0.340 e. The number of hydrogen-bond donors (Lipinski definition) is 1. The summed E-state index contributed by atoms with van der Waals surface area (Å²) in [5, 5.41) is 0. The Kier molecular flexibility index (Phi) is 3.08. The molecule has 0 atom stereocenters. The van der Waals surface area contributed by atoms with E-state index in [4.69, 9.17) is 10.5 Å². The molecule has 0 amide bonds. The molecule has 0 spiro atoms. The molecule has 0 bridgehead atoms. The molecule has 0 aliphatic heterocycles. The summed E-state index contributed by atoms with van der Waals surface area (Å²) >= 11 is 0. The van der Waals surface area contributed by atoms with Crippen LogP contribution in [-0.2, 0) is 4.74 Å². The molecular formula is C12H14FNO2. The van der Waals surface area contributed by atoms with Gasteiger partial charge in [-0.2, -0.15) is 0 Å². The van der Waals surface area contributed by atoms with Gasteiger partial charge in [0, 0.05) is 0 Å². The van der Waals surface area contributed by atoms with Crippen molar-refractivity contribution in [2.45, 2.75) is 19.3 Å². The van der Waals surface area contributed by atoms with Gasteiger partial charge >= 0.3 is 5.97 Å². The molecule has 2 rings (SSSR count). The van der Waals surface area contributed by atoms with Gasteiger partial charge in [-0.15, -0.1) is 0 Å². The molecule has 3 nitrogen and oxygen atoms in total. The van der Waals surface area contributed by atoms with Crippen molar-refractivity contribution < 1.29 is 13.9 Å². The van der Waals surface area contributed by atoms with E-state index in [2.05, 4.69) is 0 Å². The first-order valence-corrected chi connectivity index (χ1v) is 5.39. The highest BCUT2D eigenvalue weighted by atomic mass is 19.1. The summed E-state index contributed by atoms with van der Waals surface area (Å²) in [7, 11) is 0. The van der Waals surface area contributed by atoms with Crippen LogP contribution in [0.5, 0.6) is 0 Å². The van der Waals surface area contributed by atoms with Gasteiger partial charge in [0.05, 0.1) is 17.9 Å². The number of hydrogen-bond acceptors (Lipinski definition) is 3. The van der Waals surface area contributed by atoms with Gasteiger partial charge in [-0.05, 0) is 24.5 Å². The molecule has 2 N–H and O–H groups in total. The van der Waals surface area contributed by atoms with E-state index in [-0.39, 0.29) is 11.3 Å². The highest BCUT2D eigenvalue weighted by Crippen LogP contribution is 2.32. The van der Waals surface area contributed by atoms with E-state index in [0.29, 0.717) is 12.5 Å². The average molecular weight is 223 g/mol. The number of ether oxygens (including phenoxy) is 1. The molecule has 4 heteroatoms. The molecule has 16 heavy (non-hydrogen) atoms. The largest absolute Gasteiger partial charge is 0.462 e. The Labute approximate surface area is 93.4 Å². The van der Waals surface area contributed by atoms with Crippen LogP contribution in [-0.4, -0.2) is 12.6 Å². The Bertz CT molecular complexity index is 402. The minimum atomic E-state index is -0.586. The summed E-state index contributed by atoms with van der Waals surface area (Å²) < 4.78 is 18.1. The first kappa shape index (κ1) is 10.9. The first-order valence-electron chi connectivity index (χ1n) is 5.39. The second kappa shape index (κ2) is 4.51. The molecule has 1 fully saturated rings. The van der Waals surface area contributed by atoms with E-state index in [1.165, 1.54) is 31.0 Å². The van der Waals surface area contributed by atoms with E-state index in [1.54, 1.807) is 0 Å². The molecule has 86 valence electrons. The monoisotopic (exact) mass is 223 g/mol. The predicted molar refractivity (Wildman–Crippen MR) is 58.4 cm³/mol. The van der Waals surface area contributed by atoms with Gasteiger partial charge < -0.3 is 10.5 Å². The Morgan fingerprint density at radius 3 is 2.94 bits per heavy atom. The predicted octanol–water partition coefficient (Wildman–Crippen LogP) is 2.36. The SMILES string of the molecule is Nc1c(F)cccc1C(=O)OCCC1CC1. The molecule has 0 radical (unpaired) electrons. The number of anilines is 1. The van der Waals surface area contributed by atoms with E-state index in [9.17, 15) is 9.18 Å². The highest BCUT2D eigenvalue weighted by molar-refractivity contribution is 5.95. The third-order valence-corrected chi connectivity index (χ3v) is 2.73. The zero-order valence-corrected chi connectivity index (χ0v) is 8.91. The lowest BCUT2D eigenvalue weighted by molar-refractivity contribution is 0.0495. The molecular weight excluding hydrogens is 209 g/mol. The van der Waals surface area contributed by atoms with Crippen LogP contribution < -0.4 is 5.73 Å². The van der Waals surface area contributed by atoms with E-state index in [1.807, 2.05) is 0 Å². The van der Waals surface area contributed by atoms with E-state index in [0.717, 1.165) is 6.42 Å². The second-order valence-corrected chi connectivity index (χ2v) is 4.07. The number of esters is 1. The average Bonchev–Trinajstić information content (AvgIpc) is 3.06. The molecule has 0 saturated heterocycles. The summed E-state index contributed by atoms with van der Waals surface area (Å²) in [6, 6.07) is 4.14. The van der Waals surface area contributed by atoms with Gasteiger partial charge in [0.25, 0.3) is 0 Å².